The van der Waals surface area contributed by atoms with E-state index in [1.54, 1.807) is 6.92 Å². The molecule has 0 bridgehead atoms. The number of alkyl halides is 5. The monoisotopic (exact) mass is 224 g/mol. The summed E-state index contributed by atoms with van der Waals surface area (Å²) in [5, 5.41) is 0. The summed E-state index contributed by atoms with van der Waals surface area (Å²) in [4.78, 5) is 0. The second-order valence-electron chi connectivity index (χ2n) is 3.36. The lowest BCUT2D eigenvalue weighted by Crippen LogP contribution is -2.38. The van der Waals surface area contributed by atoms with Crippen LogP contribution in [0, 0.1) is 6.92 Å². The van der Waals surface area contributed by atoms with Crippen molar-refractivity contribution >= 4 is 0 Å². The molecule has 0 aromatic heterocycles. The molecule has 0 aliphatic carbocycles. The molecule has 0 unspecified atom stereocenters. The number of benzene rings is 1. The van der Waals surface area contributed by atoms with Gasteiger partial charge in [-0.25, -0.2) is 0 Å². The Kier molecular flexibility index (Phi) is 3.02. The molecule has 0 aliphatic heterocycles. The van der Waals surface area contributed by atoms with Gasteiger partial charge in [-0.2, -0.15) is 22.0 Å². The number of rotatable bonds is 2. The summed E-state index contributed by atoms with van der Waals surface area (Å²) in [7, 11) is 0. The highest BCUT2D eigenvalue weighted by molar-refractivity contribution is 5.22. The summed E-state index contributed by atoms with van der Waals surface area (Å²) in [5.41, 5.74) is 0.789. The number of hydrogen-bond acceptors (Lipinski definition) is 0. The Morgan fingerprint density at radius 1 is 0.933 bits per heavy atom. The maximum Gasteiger partial charge on any atom is 0.453 e. The van der Waals surface area contributed by atoms with Crippen molar-refractivity contribution in [3.8, 4) is 0 Å². The first-order valence-electron chi connectivity index (χ1n) is 4.22. The molecule has 1 aromatic rings. The molecule has 5 heteroatoms. The predicted octanol–water partition coefficient (Wildman–Crippen LogP) is 3.74. The molecule has 0 saturated carbocycles. The van der Waals surface area contributed by atoms with Crippen LogP contribution in [0.25, 0.3) is 0 Å². The number of halogens is 5. The normalized spacial score (nSPS) is 12.9. The molecule has 0 radical (unpaired) electrons. The standard InChI is InChI=1S/C10H9F5/c1-7-2-4-8(5-3-7)6-9(11,12)10(13,14)15/h2-5H,6H2,1H3. The summed E-state index contributed by atoms with van der Waals surface area (Å²) in [6.07, 6.45) is -6.80. The molecule has 0 amide bonds. The molecule has 0 spiro atoms. The zero-order valence-corrected chi connectivity index (χ0v) is 7.91. The van der Waals surface area contributed by atoms with Gasteiger partial charge in [0.2, 0.25) is 0 Å². The van der Waals surface area contributed by atoms with E-state index < -0.39 is 18.5 Å². The predicted molar refractivity (Wildman–Crippen MR) is 45.9 cm³/mol. The molecule has 0 aliphatic rings. The zero-order valence-electron chi connectivity index (χ0n) is 7.91. The average Bonchev–Trinajstić information content (AvgIpc) is 2.06. The van der Waals surface area contributed by atoms with E-state index >= 15 is 0 Å². The third kappa shape index (κ3) is 2.91. The van der Waals surface area contributed by atoms with Crippen LogP contribution in [0.2, 0.25) is 0 Å². The summed E-state index contributed by atoms with van der Waals surface area (Å²) in [6, 6.07) is 5.55. The summed E-state index contributed by atoms with van der Waals surface area (Å²) >= 11 is 0. The molecule has 15 heavy (non-hydrogen) atoms. The van der Waals surface area contributed by atoms with Crippen LogP contribution < -0.4 is 0 Å². The Morgan fingerprint density at radius 2 is 1.40 bits per heavy atom. The number of hydrogen-bond donors (Lipinski definition) is 0. The third-order valence-electron chi connectivity index (χ3n) is 1.96. The van der Waals surface area contributed by atoms with Crippen molar-refractivity contribution in [2.45, 2.75) is 25.4 Å². The van der Waals surface area contributed by atoms with Crippen molar-refractivity contribution in [2.75, 3.05) is 0 Å². The van der Waals surface area contributed by atoms with Gasteiger partial charge in [0.15, 0.2) is 0 Å². The molecular weight excluding hydrogens is 215 g/mol. The van der Waals surface area contributed by atoms with Crippen LogP contribution in [0.1, 0.15) is 11.1 Å². The summed E-state index contributed by atoms with van der Waals surface area (Å²) < 4.78 is 60.7. The number of aryl methyl sites for hydroxylation is 1. The Morgan fingerprint density at radius 3 is 1.80 bits per heavy atom. The SMILES string of the molecule is Cc1ccc(CC(F)(F)C(F)(F)F)cc1. The van der Waals surface area contributed by atoms with Gasteiger partial charge in [0.1, 0.15) is 0 Å². The van der Waals surface area contributed by atoms with Gasteiger partial charge >= 0.3 is 12.1 Å². The summed E-state index contributed by atoms with van der Waals surface area (Å²) in [6.45, 7) is 1.73. The van der Waals surface area contributed by atoms with Gasteiger partial charge in [-0.3, -0.25) is 0 Å². The van der Waals surface area contributed by atoms with Gasteiger partial charge < -0.3 is 0 Å². The quantitative estimate of drug-likeness (QED) is 0.671. The fourth-order valence-corrected chi connectivity index (χ4v) is 1.06. The smallest absolute Gasteiger partial charge is 0.196 e. The zero-order chi connectivity index (χ0) is 11.7. The van der Waals surface area contributed by atoms with Crippen LogP contribution in [0.5, 0.6) is 0 Å². The minimum Gasteiger partial charge on any atom is -0.196 e. The maximum absolute atomic E-state index is 12.6. The van der Waals surface area contributed by atoms with Crippen LogP contribution in [0.15, 0.2) is 24.3 Å². The molecule has 0 fully saturated rings. The van der Waals surface area contributed by atoms with Crippen molar-refractivity contribution in [3.05, 3.63) is 35.4 Å². The van der Waals surface area contributed by atoms with Crippen LogP contribution >= 0.6 is 0 Å². The van der Waals surface area contributed by atoms with E-state index in [4.69, 9.17) is 0 Å². The second kappa shape index (κ2) is 3.79. The Hall–Kier alpha value is -1.13. The van der Waals surface area contributed by atoms with Crippen molar-refractivity contribution in [1.29, 1.82) is 0 Å². The van der Waals surface area contributed by atoms with Crippen molar-refractivity contribution in [2.24, 2.45) is 0 Å². The minimum atomic E-state index is -5.49. The lowest BCUT2D eigenvalue weighted by atomic mass is 10.1. The molecule has 1 aromatic carbocycles. The van der Waals surface area contributed by atoms with Crippen LogP contribution in [0.4, 0.5) is 22.0 Å². The summed E-state index contributed by atoms with van der Waals surface area (Å²) in [5.74, 6) is -4.66. The molecule has 0 heterocycles. The highest BCUT2D eigenvalue weighted by atomic mass is 19.4. The lowest BCUT2D eigenvalue weighted by molar-refractivity contribution is -0.281. The van der Waals surface area contributed by atoms with Crippen LogP contribution in [-0.2, 0) is 6.42 Å². The Balaban J connectivity index is 2.82. The van der Waals surface area contributed by atoms with Gasteiger partial charge in [-0.1, -0.05) is 29.8 Å². The molecule has 0 N–H and O–H groups in total. The van der Waals surface area contributed by atoms with Gasteiger partial charge in [0.25, 0.3) is 0 Å². The first-order valence-corrected chi connectivity index (χ1v) is 4.22. The minimum absolute atomic E-state index is 0.0251. The van der Waals surface area contributed by atoms with Crippen LogP contribution in [0.3, 0.4) is 0 Å². The first-order chi connectivity index (χ1) is 6.72. The molecule has 84 valence electrons. The molecule has 0 saturated heterocycles. The van der Waals surface area contributed by atoms with E-state index in [0.29, 0.717) is 0 Å². The molecule has 0 atom stereocenters. The largest absolute Gasteiger partial charge is 0.453 e. The van der Waals surface area contributed by atoms with Gasteiger partial charge in [-0.05, 0) is 12.5 Å². The van der Waals surface area contributed by atoms with E-state index in [-0.39, 0.29) is 5.56 Å². The molecule has 0 nitrogen and oxygen atoms in total. The molecular formula is C10H9F5. The fraction of sp³-hybridized carbons (Fsp3) is 0.400. The van der Waals surface area contributed by atoms with Gasteiger partial charge in [-0.15, -0.1) is 0 Å². The van der Waals surface area contributed by atoms with E-state index in [0.717, 1.165) is 5.56 Å². The van der Waals surface area contributed by atoms with E-state index in [1.165, 1.54) is 24.3 Å². The first kappa shape index (κ1) is 11.9. The Bertz CT molecular complexity index is 323. The lowest BCUT2D eigenvalue weighted by Gasteiger charge is -2.19. The van der Waals surface area contributed by atoms with Gasteiger partial charge in [0.05, 0.1) is 0 Å². The Labute approximate surface area is 83.7 Å². The van der Waals surface area contributed by atoms with Gasteiger partial charge in [0, 0.05) is 6.42 Å². The van der Waals surface area contributed by atoms with Crippen molar-refractivity contribution < 1.29 is 22.0 Å². The fourth-order valence-electron chi connectivity index (χ4n) is 1.06. The second-order valence-corrected chi connectivity index (χ2v) is 3.36. The van der Waals surface area contributed by atoms with E-state index in [1.807, 2.05) is 0 Å². The highest BCUT2D eigenvalue weighted by Crippen LogP contribution is 2.37. The third-order valence-corrected chi connectivity index (χ3v) is 1.96. The van der Waals surface area contributed by atoms with E-state index in [2.05, 4.69) is 0 Å². The molecule has 1 rings (SSSR count). The average molecular weight is 224 g/mol. The highest BCUT2D eigenvalue weighted by Gasteiger charge is 2.56. The van der Waals surface area contributed by atoms with Crippen molar-refractivity contribution in [1.82, 2.24) is 0 Å². The maximum atomic E-state index is 12.6. The topological polar surface area (TPSA) is 0 Å². The van der Waals surface area contributed by atoms with Crippen LogP contribution in [-0.4, -0.2) is 12.1 Å². The van der Waals surface area contributed by atoms with Crippen molar-refractivity contribution in [3.63, 3.8) is 0 Å². The van der Waals surface area contributed by atoms with E-state index in [9.17, 15) is 22.0 Å².